The van der Waals surface area contributed by atoms with Crippen molar-refractivity contribution in [3.05, 3.63) is 36.0 Å². The lowest BCUT2D eigenvalue weighted by atomic mass is 9.95. The third kappa shape index (κ3) is 3.59. The standard InChI is InChI=1S/C22H22F3N5O3/c1-19(2,3)33-18(32)29-28-17(31)20-10-21(20,22(23,24)25)12-30(11-20)15-7-6-13(9-26)16-14(15)5-4-8-27-16/h4-8H,10-12H2,1-3H3,(H,28,31)(H,29,32)/t20-,21-/m1/s1. The molecule has 2 aromatic rings. The number of hydrazine groups is 1. The first kappa shape index (κ1) is 22.6. The van der Waals surface area contributed by atoms with Gasteiger partial charge in [0, 0.05) is 30.4 Å². The van der Waals surface area contributed by atoms with Crippen molar-refractivity contribution in [2.45, 2.75) is 39.0 Å². The summed E-state index contributed by atoms with van der Waals surface area (Å²) in [7, 11) is 0. The highest BCUT2D eigenvalue weighted by atomic mass is 19.4. The van der Waals surface area contributed by atoms with Crippen molar-refractivity contribution >= 4 is 28.6 Å². The highest BCUT2D eigenvalue weighted by Crippen LogP contribution is 2.75. The molecule has 1 aliphatic heterocycles. The quantitative estimate of drug-likeness (QED) is 0.664. The number of ether oxygens (including phenoxy) is 1. The molecular weight excluding hydrogens is 439 g/mol. The average Bonchev–Trinajstić information content (AvgIpc) is 3.27. The second-order valence-electron chi connectivity index (χ2n) is 9.42. The van der Waals surface area contributed by atoms with E-state index in [4.69, 9.17) is 4.74 Å². The van der Waals surface area contributed by atoms with Gasteiger partial charge in [0.25, 0.3) is 0 Å². The van der Waals surface area contributed by atoms with Crippen molar-refractivity contribution in [2.24, 2.45) is 10.8 Å². The van der Waals surface area contributed by atoms with Crippen molar-refractivity contribution in [3.8, 4) is 6.07 Å². The number of amides is 2. The van der Waals surface area contributed by atoms with E-state index in [9.17, 15) is 28.0 Å². The van der Waals surface area contributed by atoms with Crippen molar-refractivity contribution < 1.29 is 27.5 Å². The molecule has 1 saturated heterocycles. The summed E-state index contributed by atoms with van der Waals surface area (Å²) in [6.45, 7) is 4.23. The third-order valence-corrected chi connectivity index (χ3v) is 6.18. The molecule has 0 unspecified atom stereocenters. The van der Waals surface area contributed by atoms with Crippen LogP contribution in [0.25, 0.3) is 10.9 Å². The minimum atomic E-state index is -4.63. The van der Waals surface area contributed by atoms with E-state index in [-0.39, 0.29) is 13.0 Å². The number of carbonyl (C=O) groups excluding carboxylic acids is 2. The molecule has 0 radical (unpaired) electrons. The van der Waals surface area contributed by atoms with E-state index in [2.05, 4.69) is 10.4 Å². The maximum Gasteiger partial charge on any atom is 0.426 e. The predicted molar refractivity (Wildman–Crippen MR) is 112 cm³/mol. The number of piperidine rings is 1. The van der Waals surface area contributed by atoms with Gasteiger partial charge in [-0.2, -0.15) is 18.4 Å². The number of pyridine rings is 1. The molecule has 1 saturated carbocycles. The number of rotatable bonds is 2. The van der Waals surface area contributed by atoms with Gasteiger partial charge < -0.3 is 9.64 Å². The van der Waals surface area contributed by atoms with Crippen LogP contribution in [0.5, 0.6) is 0 Å². The number of nitriles is 1. The van der Waals surface area contributed by atoms with Gasteiger partial charge in [-0.3, -0.25) is 15.2 Å². The minimum absolute atomic E-state index is 0.204. The topological polar surface area (TPSA) is 107 Å². The lowest BCUT2D eigenvalue weighted by Gasteiger charge is -2.25. The van der Waals surface area contributed by atoms with Gasteiger partial charge in [0.1, 0.15) is 17.1 Å². The number of nitrogens with zero attached hydrogens (tertiary/aromatic N) is 3. The predicted octanol–water partition coefficient (Wildman–Crippen LogP) is 3.42. The maximum atomic E-state index is 14.2. The smallest absolute Gasteiger partial charge is 0.426 e. The van der Waals surface area contributed by atoms with Crippen molar-refractivity contribution in [1.82, 2.24) is 15.8 Å². The Kier molecular flexibility index (Phi) is 4.96. The van der Waals surface area contributed by atoms with Crippen LogP contribution in [0, 0.1) is 22.2 Å². The lowest BCUT2D eigenvalue weighted by Crippen LogP contribution is -2.49. The summed E-state index contributed by atoms with van der Waals surface area (Å²) < 4.78 is 47.5. The zero-order chi connectivity index (χ0) is 24.2. The Morgan fingerprint density at radius 3 is 2.55 bits per heavy atom. The van der Waals surface area contributed by atoms with Crippen molar-refractivity contribution in [2.75, 3.05) is 18.0 Å². The van der Waals surface area contributed by atoms with E-state index in [1.165, 1.54) is 17.2 Å². The normalized spacial score (nSPS) is 24.1. The number of anilines is 1. The molecule has 2 fully saturated rings. The molecule has 8 nitrogen and oxygen atoms in total. The zero-order valence-corrected chi connectivity index (χ0v) is 18.2. The number of hydrogen-bond donors (Lipinski definition) is 2. The van der Waals surface area contributed by atoms with E-state index in [1.54, 1.807) is 39.0 Å². The fourth-order valence-electron chi connectivity index (χ4n) is 4.65. The highest BCUT2D eigenvalue weighted by Gasteiger charge is 2.86. The first-order valence-electron chi connectivity index (χ1n) is 10.2. The number of nitrogens with one attached hydrogen (secondary N) is 2. The highest BCUT2D eigenvalue weighted by molar-refractivity contribution is 5.97. The first-order chi connectivity index (χ1) is 15.3. The van der Waals surface area contributed by atoms with Crippen LogP contribution in [-0.2, 0) is 9.53 Å². The average molecular weight is 461 g/mol. The summed E-state index contributed by atoms with van der Waals surface area (Å²) in [6, 6.07) is 8.42. The van der Waals surface area contributed by atoms with E-state index < -0.39 is 41.2 Å². The van der Waals surface area contributed by atoms with E-state index in [1.807, 2.05) is 11.5 Å². The zero-order valence-electron chi connectivity index (χ0n) is 18.2. The molecule has 1 aromatic heterocycles. The van der Waals surface area contributed by atoms with Crippen LogP contribution in [0.3, 0.4) is 0 Å². The first-order valence-corrected chi connectivity index (χ1v) is 10.2. The van der Waals surface area contributed by atoms with Crippen LogP contribution in [-0.4, -0.2) is 41.9 Å². The molecule has 1 aromatic carbocycles. The summed E-state index contributed by atoms with van der Waals surface area (Å²) in [4.78, 5) is 30.5. The number of fused-ring (bicyclic) bond motifs is 2. The van der Waals surface area contributed by atoms with Gasteiger partial charge in [0.05, 0.1) is 16.5 Å². The summed E-state index contributed by atoms with van der Waals surface area (Å²) in [5.74, 6) is -0.927. The molecule has 2 heterocycles. The molecule has 2 N–H and O–H groups in total. The second kappa shape index (κ2) is 7.23. The largest absolute Gasteiger partial charge is 0.443 e. The molecule has 2 atom stereocenters. The molecule has 33 heavy (non-hydrogen) atoms. The Hall–Kier alpha value is -3.55. The van der Waals surface area contributed by atoms with E-state index in [0.717, 1.165) is 0 Å². The Morgan fingerprint density at radius 2 is 1.91 bits per heavy atom. The van der Waals surface area contributed by atoms with Gasteiger partial charge >= 0.3 is 12.3 Å². The number of benzene rings is 1. The molecule has 0 bridgehead atoms. The van der Waals surface area contributed by atoms with Gasteiger partial charge in [0.2, 0.25) is 5.91 Å². The molecule has 11 heteroatoms. The Balaban J connectivity index is 1.63. The van der Waals surface area contributed by atoms with E-state index >= 15 is 0 Å². The van der Waals surface area contributed by atoms with Crippen LogP contribution in [0.2, 0.25) is 0 Å². The summed E-state index contributed by atoms with van der Waals surface area (Å²) in [5, 5.41) is 9.85. The monoisotopic (exact) mass is 461 g/mol. The molecule has 0 spiro atoms. The third-order valence-electron chi connectivity index (χ3n) is 6.18. The van der Waals surface area contributed by atoms with Crippen molar-refractivity contribution in [1.29, 1.82) is 5.26 Å². The number of hydrogen-bond acceptors (Lipinski definition) is 6. The van der Waals surface area contributed by atoms with Gasteiger partial charge in [0.15, 0.2) is 0 Å². The summed E-state index contributed by atoms with van der Waals surface area (Å²) in [6.07, 6.45) is -4.48. The Bertz CT molecular complexity index is 1190. The van der Waals surface area contributed by atoms with Crippen LogP contribution < -0.4 is 15.8 Å². The molecule has 2 aliphatic rings. The van der Waals surface area contributed by atoms with Crippen LogP contribution >= 0.6 is 0 Å². The fraction of sp³-hybridized carbons (Fsp3) is 0.455. The SMILES string of the molecule is CC(C)(C)OC(=O)NNC(=O)[C@@]12CN(c3ccc(C#N)c4ncccc34)C[C@]1(C(F)(F)F)C2. The fourth-order valence-corrected chi connectivity index (χ4v) is 4.65. The number of carbonyl (C=O) groups is 2. The number of halogens is 3. The second-order valence-corrected chi connectivity index (χ2v) is 9.42. The van der Waals surface area contributed by atoms with Gasteiger partial charge in [-0.1, -0.05) is 0 Å². The van der Waals surface area contributed by atoms with Gasteiger partial charge in [-0.05, 0) is 51.5 Å². The minimum Gasteiger partial charge on any atom is -0.443 e. The molecule has 2 amide bonds. The summed E-state index contributed by atoms with van der Waals surface area (Å²) >= 11 is 0. The van der Waals surface area contributed by atoms with Crippen LogP contribution in [0.15, 0.2) is 30.5 Å². The molecule has 4 rings (SSSR count). The Labute approximate surface area is 187 Å². The van der Waals surface area contributed by atoms with Crippen LogP contribution in [0.1, 0.15) is 32.8 Å². The van der Waals surface area contributed by atoms with Gasteiger partial charge in [-0.25, -0.2) is 10.2 Å². The molecule has 1 aliphatic carbocycles. The Morgan fingerprint density at radius 1 is 1.18 bits per heavy atom. The van der Waals surface area contributed by atoms with E-state index in [0.29, 0.717) is 22.2 Å². The maximum absolute atomic E-state index is 14.2. The lowest BCUT2D eigenvalue weighted by molar-refractivity contribution is -0.191. The van der Waals surface area contributed by atoms with Crippen molar-refractivity contribution in [3.63, 3.8) is 0 Å². The molecular formula is C22H22F3N5O3. The van der Waals surface area contributed by atoms with Crippen LogP contribution in [0.4, 0.5) is 23.7 Å². The number of alkyl halides is 3. The molecule has 174 valence electrons. The van der Waals surface area contributed by atoms with Gasteiger partial charge in [-0.15, -0.1) is 0 Å². The summed E-state index contributed by atoms with van der Waals surface area (Å²) in [5.41, 5.74) is 0.447. The number of aromatic nitrogens is 1.